The molecule has 0 unspecified atom stereocenters. The maximum Gasteiger partial charge on any atom is 0.416 e. The van der Waals surface area contributed by atoms with Crippen LogP contribution in [-0.2, 0) is 6.18 Å². The van der Waals surface area contributed by atoms with E-state index in [4.69, 9.17) is 10.3 Å². The third-order valence-electron chi connectivity index (χ3n) is 3.89. The second kappa shape index (κ2) is 6.06. The molecule has 0 aliphatic rings. The molecule has 2 N–H and O–H groups in total. The van der Waals surface area contributed by atoms with Crippen molar-refractivity contribution in [1.29, 1.82) is 0 Å². The Bertz CT molecular complexity index is 703. The van der Waals surface area contributed by atoms with Gasteiger partial charge in [0.25, 0.3) is 5.91 Å². The summed E-state index contributed by atoms with van der Waals surface area (Å²) in [6.07, 6.45) is -4.41. The van der Waals surface area contributed by atoms with Gasteiger partial charge >= 0.3 is 6.18 Å². The fourth-order valence-electron chi connectivity index (χ4n) is 2.25. The van der Waals surface area contributed by atoms with E-state index < -0.39 is 17.6 Å². The lowest BCUT2D eigenvalue weighted by Crippen LogP contribution is -2.16. The van der Waals surface area contributed by atoms with Crippen LogP contribution in [0.1, 0.15) is 48.3 Å². The molecule has 0 fully saturated rings. The van der Waals surface area contributed by atoms with Crippen LogP contribution in [0.4, 0.5) is 13.2 Å². The number of carbonyl (C=O) groups is 1. The number of nitrogens with zero attached hydrogens (tertiary/aromatic N) is 1. The Balaban J connectivity index is 2.53. The number of nitrogens with two attached hydrogens (primary N) is 1. The van der Waals surface area contributed by atoms with Crippen LogP contribution in [0.15, 0.2) is 28.8 Å². The molecular formula is C16H17F3N2O2. The number of benzene rings is 1. The normalized spacial score (nSPS) is 13.3. The first kappa shape index (κ1) is 17.1. The van der Waals surface area contributed by atoms with Crippen LogP contribution in [0.3, 0.4) is 0 Å². The molecule has 124 valence electrons. The molecule has 1 aromatic carbocycles. The zero-order valence-electron chi connectivity index (χ0n) is 12.9. The van der Waals surface area contributed by atoms with Gasteiger partial charge in [-0.15, -0.1) is 0 Å². The van der Waals surface area contributed by atoms with E-state index in [1.54, 1.807) is 0 Å². The molecule has 0 bridgehead atoms. The number of rotatable bonds is 4. The van der Waals surface area contributed by atoms with E-state index in [1.807, 2.05) is 20.8 Å². The van der Waals surface area contributed by atoms with Crippen LogP contribution in [0, 0.1) is 5.92 Å². The molecule has 0 aliphatic carbocycles. The van der Waals surface area contributed by atoms with Crippen molar-refractivity contribution < 1.29 is 22.5 Å². The van der Waals surface area contributed by atoms with Crippen LogP contribution in [0.2, 0.25) is 0 Å². The Labute approximate surface area is 131 Å². The van der Waals surface area contributed by atoms with E-state index in [9.17, 15) is 18.0 Å². The summed E-state index contributed by atoms with van der Waals surface area (Å²) in [5.74, 6) is -0.384. The van der Waals surface area contributed by atoms with Crippen LogP contribution < -0.4 is 5.73 Å². The fraction of sp³-hybridized carbons (Fsp3) is 0.375. The van der Waals surface area contributed by atoms with Gasteiger partial charge in [-0.05, 0) is 24.0 Å². The highest BCUT2D eigenvalue weighted by atomic mass is 19.4. The highest BCUT2D eigenvalue weighted by Gasteiger charge is 2.31. The van der Waals surface area contributed by atoms with Gasteiger partial charge in [0, 0.05) is 11.1 Å². The van der Waals surface area contributed by atoms with Gasteiger partial charge in [-0.3, -0.25) is 4.79 Å². The third kappa shape index (κ3) is 3.38. The van der Waals surface area contributed by atoms with Crippen molar-refractivity contribution in [2.75, 3.05) is 0 Å². The molecular weight excluding hydrogens is 309 g/mol. The summed E-state index contributed by atoms with van der Waals surface area (Å²) in [6.45, 7) is 5.80. The van der Waals surface area contributed by atoms with E-state index in [0.29, 0.717) is 11.1 Å². The van der Waals surface area contributed by atoms with Gasteiger partial charge in [-0.2, -0.15) is 13.2 Å². The first-order valence-electron chi connectivity index (χ1n) is 7.10. The van der Waals surface area contributed by atoms with E-state index in [0.717, 1.165) is 12.1 Å². The van der Waals surface area contributed by atoms with Crippen molar-refractivity contribution >= 4 is 5.91 Å². The van der Waals surface area contributed by atoms with Gasteiger partial charge in [0.05, 0.1) is 5.56 Å². The van der Waals surface area contributed by atoms with Gasteiger partial charge in [0.2, 0.25) is 0 Å². The van der Waals surface area contributed by atoms with Gasteiger partial charge < -0.3 is 10.3 Å². The second-order valence-electron chi connectivity index (χ2n) is 5.75. The minimum Gasteiger partial charge on any atom is -0.364 e. The summed E-state index contributed by atoms with van der Waals surface area (Å²) in [4.78, 5) is 11.5. The van der Waals surface area contributed by atoms with E-state index in [-0.39, 0.29) is 23.3 Å². The van der Waals surface area contributed by atoms with Gasteiger partial charge in [-0.25, -0.2) is 0 Å². The fourth-order valence-corrected chi connectivity index (χ4v) is 2.25. The molecule has 0 spiro atoms. The number of primary amides is 1. The first-order valence-corrected chi connectivity index (χ1v) is 7.10. The first-order chi connectivity index (χ1) is 10.6. The zero-order chi connectivity index (χ0) is 17.4. The van der Waals surface area contributed by atoms with E-state index >= 15 is 0 Å². The smallest absolute Gasteiger partial charge is 0.364 e. The summed E-state index contributed by atoms with van der Waals surface area (Å²) >= 11 is 0. The van der Waals surface area contributed by atoms with Crippen LogP contribution in [0.5, 0.6) is 0 Å². The largest absolute Gasteiger partial charge is 0.416 e. The Kier molecular flexibility index (Phi) is 4.49. The second-order valence-corrected chi connectivity index (χ2v) is 5.75. The number of halogens is 3. The van der Waals surface area contributed by atoms with Crippen molar-refractivity contribution in [2.45, 2.75) is 32.9 Å². The quantitative estimate of drug-likeness (QED) is 0.914. The van der Waals surface area contributed by atoms with Gasteiger partial charge in [0.1, 0.15) is 0 Å². The lowest BCUT2D eigenvalue weighted by Gasteiger charge is -2.16. The molecule has 0 aliphatic heterocycles. The molecule has 1 aromatic heterocycles. The molecule has 1 atom stereocenters. The van der Waals surface area contributed by atoms with Gasteiger partial charge in [0.15, 0.2) is 11.5 Å². The summed E-state index contributed by atoms with van der Waals surface area (Å²) in [5, 5.41) is 3.69. The highest BCUT2D eigenvalue weighted by molar-refractivity contribution is 5.94. The number of amides is 1. The van der Waals surface area contributed by atoms with Gasteiger partial charge in [-0.1, -0.05) is 38.1 Å². The molecule has 2 aromatic rings. The molecule has 2 rings (SSSR count). The summed E-state index contributed by atoms with van der Waals surface area (Å²) < 4.78 is 43.2. The van der Waals surface area contributed by atoms with Crippen LogP contribution in [0.25, 0.3) is 11.3 Å². The van der Waals surface area contributed by atoms with Crippen molar-refractivity contribution in [3.8, 4) is 11.3 Å². The summed E-state index contributed by atoms with van der Waals surface area (Å²) in [7, 11) is 0. The SMILES string of the molecule is CC(C)[C@H](C)c1c(C(N)=O)noc1-c1ccc(C(F)(F)F)cc1. The maximum atomic E-state index is 12.6. The minimum absolute atomic E-state index is 0.0149. The lowest BCUT2D eigenvalue weighted by atomic mass is 9.87. The number of carbonyl (C=O) groups excluding carboxylic acids is 1. The Hall–Kier alpha value is -2.31. The standard InChI is InChI=1S/C16H17F3N2O2/c1-8(2)9(3)12-13(15(20)22)21-23-14(12)10-4-6-11(7-5-10)16(17,18)19/h4-9H,1-3H3,(H2,20,22)/t9-/m0/s1. The molecule has 23 heavy (non-hydrogen) atoms. The topological polar surface area (TPSA) is 69.1 Å². The van der Waals surface area contributed by atoms with E-state index in [1.165, 1.54) is 12.1 Å². The monoisotopic (exact) mass is 326 g/mol. The predicted octanol–water partition coefficient (Wildman–Crippen LogP) is 4.22. The predicted molar refractivity (Wildman–Crippen MR) is 78.7 cm³/mol. The van der Waals surface area contributed by atoms with E-state index in [2.05, 4.69) is 5.16 Å². The molecule has 0 radical (unpaired) electrons. The molecule has 0 saturated carbocycles. The van der Waals surface area contributed by atoms with Crippen molar-refractivity contribution in [1.82, 2.24) is 5.16 Å². The Morgan fingerprint density at radius 3 is 2.17 bits per heavy atom. The van der Waals surface area contributed by atoms with Crippen molar-refractivity contribution in [3.63, 3.8) is 0 Å². The summed E-state index contributed by atoms with van der Waals surface area (Å²) in [5.41, 5.74) is 5.51. The molecule has 7 heteroatoms. The molecule has 1 amide bonds. The number of hydrogen-bond donors (Lipinski definition) is 1. The Morgan fingerprint density at radius 1 is 1.17 bits per heavy atom. The lowest BCUT2D eigenvalue weighted by molar-refractivity contribution is -0.137. The van der Waals surface area contributed by atoms with Crippen molar-refractivity contribution in [2.24, 2.45) is 11.7 Å². The third-order valence-corrected chi connectivity index (χ3v) is 3.89. The average molecular weight is 326 g/mol. The minimum atomic E-state index is -4.41. The maximum absolute atomic E-state index is 12.6. The number of alkyl halides is 3. The van der Waals surface area contributed by atoms with Crippen LogP contribution in [-0.4, -0.2) is 11.1 Å². The molecule has 4 nitrogen and oxygen atoms in total. The van der Waals surface area contributed by atoms with Crippen LogP contribution >= 0.6 is 0 Å². The average Bonchev–Trinajstić information content (AvgIpc) is 2.90. The Morgan fingerprint density at radius 2 is 1.74 bits per heavy atom. The molecule has 1 heterocycles. The van der Waals surface area contributed by atoms with Crippen molar-refractivity contribution in [3.05, 3.63) is 41.1 Å². The molecule has 0 saturated heterocycles. The summed E-state index contributed by atoms with van der Waals surface area (Å²) in [6, 6.07) is 4.52. The number of hydrogen-bond acceptors (Lipinski definition) is 3. The highest BCUT2D eigenvalue weighted by Crippen LogP contribution is 2.37. The number of aromatic nitrogens is 1. The zero-order valence-corrected chi connectivity index (χ0v) is 12.9.